The standard InChI is InChI=1S/C16H17BrN2O2S/c1-11-2-5-16(15(17)6-11)22(20,21)19-8-12-3-4-13-9-18-10-14(13)7-12/h2-7,18-19H,8-10H2,1H3. The second kappa shape index (κ2) is 6.12. The van der Waals surface area contributed by atoms with E-state index in [4.69, 9.17) is 0 Å². The molecule has 22 heavy (non-hydrogen) atoms. The minimum Gasteiger partial charge on any atom is -0.309 e. The van der Waals surface area contributed by atoms with Crippen LogP contribution in [0.25, 0.3) is 0 Å². The topological polar surface area (TPSA) is 58.2 Å². The van der Waals surface area contributed by atoms with Gasteiger partial charge in [0, 0.05) is 24.1 Å². The van der Waals surface area contributed by atoms with Crippen molar-refractivity contribution in [3.8, 4) is 0 Å². The molecule has 0 saturated heterocycles. The smallest absolute Gasteiger partial charge is 0.241 e. The van der Waals surface area contributed by atoms with Gasteiger partial charge in [-0.05, 0) is 57.2 Å². The molecule has 0 fully saturated rings. The number of rotatable bonds is 4. The molecule has 2 aromatic rings. The number of sulfonamides is 1. The quantitative estimate of drug-likeness (QED) is 0.857. The summed E-state index contributed by atoms with van der Waals surface area (Å²) in [5.74, 6) is 0. The molecule has 0 saturated carbocycles. The van der Waals surface area contributed by atoms with Crippen LogP contribution in [0.4, 0.5) is 0 Å². The second-order valence-electron chi connectivity index (χ2n) is 5.47. The Morgan fingerprint density at radius 3 is 2.68 bits per heavy atom. The Labute approximate surface area is 139 Å². The van der Waals surface area contributed by atoms with Gasteiger partial charge in [0.25, 0.3) is 0 Å². The van der Waals surface area contributed by atoms with Crippen molar-refractivity contribution in [3.05, 3.63) is 63.1 Å². The molecule has 0 unspecified atom stereocenters. The maximum absolute atomic E-state index is 12.4. The predicted molar refractivity (Wildman–Crippen MR) is 89.9 cm³/mol. The molecule has 4 nitrogen and oxygen atoms in total. The van der Waals surface area contributed by atoms with Gasteiger partial charge in [0.2, 0.25) is 10.0 Å². The lowest BCUT2D eigenvalue weighted by Gasteiger charge is -2.10. The van der Waals surface area contributed by atoms with Crippen LogP contribution in [0.15, 0.2) is 45.8 Å². The largest absolute Gasteiger partial charge is 0.309 e. The van der Waals surface area contributed by atoms with E-state index >= 15 is 0 Å². The second-order valence-corrected chi connectivity index (χ2v) is 8.05. The molecule has 0 aliphatic carbocycles. The summed E-state index contributed by atoms with van der Waals surface area (Å²) >= 11 is 3.32. The van der Waals surface area contributed by atoms with Crippen molar-refractivity contribution < 1.29 is 8.42 Å². The van der Waals surface area contributed by atoms with Crippen molar-refractivity contribution in [2.45, 2.75) is 31.5 Å². The summed E-state index contributed by atoms with van der Waals surface area (Å²) in [7, 11) is -3.53. The summed E-state index contributed by atoms with van der Waals surface area (Å²) in [5.41, 5.74) is 4.51. The number of benzene rings is 2. The van der Waals surface area contributed by atoms with Gasteiger partial charge >= 0.3 is 0 Å². The number of fused-ring (bicyclic) bond motifs is 1. The van der Waals surface area contributed by atoms with Crippen LogP contribution in [-0.2, 0) is 29.7 Å². The highest BCUT2D eigenvalue weighted by atomic mass is 79.9. The van der Waals surface area contributed by atoms with E-state index in [1.807, 2.05) is 13.0 Å². The summed E-state index contributed by atoms with van der Waals surface area (Å²) in [4.78, 5) is 0.265. The van der Waals surface area contributed by atoms with Crippen LogP contribution in [0.2, 0.25) is 0 Å². The average Bonchev–Trinajstić information content (AvgIpc) is 2.92. The normalized spacial score (nSPS) is 14.1. The van der Waals surface area contributed by atoms with E-state index in [1.54, 1.807) is 18.2 Å². The molecule has 3 rings (SSSR count). The van der Waals surface area contributed by atoms with E-state index in [-0.39, 0.29) is 11.4 Å². The number of halogens is 1. The van der Waals surface area contributed by atoms with Gasteiger partial charge in [0.15, 0.2) is 0 Å². The zero-order valence-corrected chi connectivity index (χ0v) is 14.6. The van der Waals surface area contributed by atoms with Gasteiger partial charge in [0.05, 0.1) is 4.90 Å². The molecular weight excluding hydrogens is 364 g/mol. The van der Waals surface area contributed by atoms with Gasteiger partial charge in [-0.25, -0.2) is 13.1 Å². The first-order chi connectivity index (χ1) is 10.5. The Kier molecular flexibility index (Phi) is 4.36. The predicted octanol–water partition coefficient (Wildman–Crippen LogP) is 2.84. The molecule has 2 aromatic carbocycles. The van der Waals surface area contributed by atoms with E-state index in [9.17, 15) is 8.42 Å². The molecule has 1 heterocycles. The van der Waals surface area contributed by atoms with E-state index in [1.165, 1.54) is 11.1 Å². The number of aryl methyl sites for hydroxylation is 1. The highest BCUT2D eigenvalue weighted by Gasteiger charge is 2.18. The SMILES string of the molecule is Cc1ccc(S(=O)(=O)NCc2ccc3c(c2)CNC3)c(Br)c1. The summed E-state index contributed by atoms with van der Waals surface area (Å²) < 4.78 is 28.1. The van der Waals surface area contributed by atoms with Gasteiger partial charge in [0.1, 0.15) is 0 Å². The fourth-order valence-electron chi connectivity index (χ4n) is 2.54. The molecule has 0 aromatic heterocycles. The Morgan fingerprint density at radius 1 is 1.14 bits per heavy atom. The summed E-state index contributed by atoms with van der Waals surface area (Å²) in [6, 6.07) is 11.3. The van der Waals surface area contributed by atoms with Crippen LogP contribution >= 0.6 is 15.9 Å². The van der Waals surface area contributed by atoms with Gasteiger partial charge in [-0.3, -0.25) is 0 Å². The molecule has 2 N–H and O–H groups in total. The van der Waals surface area contributed by atoms with Gasteiger partial charge < -0.3 is 5.32 Å². The summed E-state index contributed by atoms with van der Waals surface area (Å²) in [6.07, 6.45) is 0. The third-order valence-electron chi connectivity index (χ3n) is 3.74. The summed E-state index contributed by atoms with van der Waals surface area (Å²) in [6.45, 7) is 3.94. The van der Waals surface area contributed by atoms with Crippen molar-refractivity contribution in [1.29, 1.82) is 0 Å². The maximum atomic E-state index is 12.4. The molecule has 0 radical (unpaired) electrons. The van der Waals surface area contributed by atoms with E-state index in [2.05, 4.69) is 38.1 Å². The lowest BCUT2D eigenvalue weighted by Crippen LogP contribution is -2.23. The van der Waals surface area contributed by atoms with Crippen molar-refractivity contribution >= 4 is 26.0 Å². The van der Waals surface area contributed by atoms with Crippen LogP contribution in [0, 0.1) is 6.92 Å². The molecule has 1 aliphatic heterocycles. The fourth-order valence-corrected chi connectivity index (χ4v) is 4.75. The monoisotopic (exact) mass is 380 g/mol. The minimum atomic E-state index is -3.53. The van der Waals surface area contributed by atoms with Crippen LogP contribution in [-0.4, -0.2) is 8.42 Å². The van der Waals surface area contributed by atoms with Crippen LogP contribution in [0.3, 0.4) is 0 Å². The lowest BCUT2D eigenvalue weighted by molar-refractivity contribution is 0.581. The van der Waals surface area contributed by atoms with Gasteiger partial charge in [-0.1, -0.05) is 24.3 Å². The molecule has 6 heteroatoms. The van der Waals surface area contributed by atoms with Crippen molar-refractivity contribution in [1.82, 2.24) is 10.0 Å². The summed E-state index contributed by atoms with van der Waals surface area (Å²) in [5, 5.41) is 3.28. The van der Waals surface area contributed by atoms with Gasteiger partial charge in [-0.15, -0.1) is 0 Å². The number of hydrogen-bond donors (Lipinski definition) is 2. The van der Waals surface area contributed by atoms with Gasteiger partial charge in [-0.2, -0.15) is 0 Å². The number of hydrogen-bond acceptors (Lipinski definition) is 3. The Morgan fingerprint density at radius 2 is 1.91 bits per heavy atom. The molecular formula is C16H17BrN2O2S. The molecule has 0 bridgehead atoms. The first-order valence-corrected chi connectivity index (χ1v) is 9.30. The Bertz CT molecular complexity index is 819. The molecule has 1 aliphatic rings. The lowest BCUT2D eigenvalue weighted by atomic mass is 10.1. The Balaban J connectivity index is 1.77. The molecule has 0 atom stereocenters. The zero-order chi connectivity index (χ0) is 15.7. The molecule has 0 amide bonds. The van der Waals surface area contributed by atoms with Crippen LogP contribution in [0.1, 0.15) is 22.3 Å². The van der Waals surface area contributed by atoms with E-state index < -0.39 is 10.0 Å². The third-order valence-corrected chi connectivity index (χ3v) is 6.12. The first-order valence-electron chi connectivity index (χ1n) is 7.03. The van der Waals surface area contributed by atoms with Crippen molar-refractivity contribution in [2.24, 2.45) is 0 Å². The van der Waals surface area contributed by atoms with Crippen LogP contribution < -0.4 is 10.0 Å². The highest BCUT2D eigenvalue weighted by Crippen LogP contribution is 2.23. The minimum absolute atomic E-state index is 0.265. The average molecular weight is 381 g/mol. The molecule has 116 valence electrons. The highest BCUT2D eigenvalue weighted by molar-refractivity contribution is 9.10. The zero-order valence-electron chi connectivity index (χ0n) is 12.2. The fraction of sp³-hybridized carbons (Fsp3) is 0.250. The molecule has 0 spiro atoms. The Hall–Kier alpha value is -1.21. The van der Waals surface area contributed by atoms with Crippen molar-refractivity contribution in [2.75, 3.05) is 0 Å². The van der Waals surface area contributed by atoms with Crippen molar-refractivity contribution in [3.63, 3.8) is 0 Å². The number of nitrogens with one attached hydrogen (secondary N) is 2. The first kappa shape index (κ1) is 15.7. The maximum Gasteiger partial charge on any atom is 0.241 e. The van der Waals surface area contributed by atoms with E-state index in [0.29, 0.717) is 4.47 Å². The van der Waals surface area contributed by atoms with Crippen LogP contribution in [0.5, 0.6) is 0 Å². The van der Waals surface area contributed by atoms with E-state index in [0.717, 1.165) is 24.2 Å². The third kappa shape index (κ3) is 3.25.